The molecule has 104 valence electrons. The van der Waals surface area contributed by atoms with Crippen LogP contribution < -0.4 is 0 Å². The zero-order valence-corrected chi connectivity index (χ0v) is 13.5. The molecule has 5 heteroatoms. The van der Waals surface area contributed by atoms with Crippen LogP contribution in [0.5, 0.6) is 0 Å². The number of pyridine rings is 1. The molecule has 0 unspecified atom stereocenters. The molecule has 0 atom stereocenters. The Hall–Kier alpha value is -1.72. The van der Waals surface area contributed by atoms with E-state index in [1.54, 1.807) is 24.2 Å². The van der Waals surface area contributed by atoms with Crippen LogP contribution in [0.25, 0.3) is 11.3 Å². The van der Waals surface area contributed by atoms with Crippen molar-refractivity contribution in [2.75, 3.05) is 0 Å². The van der Waals surface area contributed by atoms with Gasteiger partial charge in [0.25, 0.3) is 0 Å². The third kappa shape index (κ3) is 3.89. The Labute approximate surface area is 136 Å². The van der Waals surface area contributed by atoms with Crippen LogP contribution in [0.15, 0.2) is 70.4 Å². The predicted octanol–water partition coefficient (Wildman–Crippen LogP) is 4.59. The third-order valence-corrected chi connectivity index (χ3v) is 4.42. The van der Waals surface area contributed by atoms with Crippen molar-refractivity contribution in [3.8, 4) is 11.3 Å². The average Bonchev–Trinajstić information content (AvgIpc) is 2.56. The molecule has 0 amide bonds. The summed E-state index contributed by atoms with van der Waals surface area (Å²) in [7, 11) is 0. The fraction of sp³-hybridized carbons (Fsp3) is 0.0625. The first-order valence-electron chi connectivity index (χ1n) is 6.43. The van der Waals surface area contributed by atoms with Gasteiger partial charge in [-0.2, -0.15) is 0 Å². The second kappa shape index (κ2) is 6.83. The summed E-state index contributed by atoms with van der Waals surface area (Å²) in [6.45, 7) is 0. The van der Waals surface area contributed by atoms with Gasteiger partial charge in [0.1, 0.15) is 5.03 Å². The Morgan fingerprint density at radius 1 is 0.952 bits per heavy atom. The molecule has 3 rings (SSSR count). The summed E-state index contributed by atoms with van der Waals surface area (Å²) >= 11 is 5.12. The van der Waals surface area contributed by atoms with Gasteiger partial charge in [-0.15, -0.1) is 10.2 Å². The Morgan fingerprint density at radius 2 is 1.81 bits per heavy atom. The maximum absolute atomic E-state index is 4.26. The fourth-order valence-corrected chi connectivity index (χ4v) is 2.84. The van der Waals surface area contributed by atoms with Crippen LogP contribution in [-0.2, 0) is 5.75 Å². The second-order valence-corrected chi connectivity index (χ2v) is 6.32. The minimum absolute atomic E-state index is 0.844. The van der Waals surface area contributed by atoms with E-state index < -0.39 is 0 Å². The van der Waals surface area contributed by atoms with E-state index >= 15 is 0 Å². The van der Waals surface area contributed by atoms with Crippen LogP contribution in [0.4, 0.5) is 0 Å². The summed E-state index contributed by atoms with van der Waals surface area (Å²) in [6.07, 6.45) is 3.54. The first kappa shape index (κ1) is 14.2. The fourth-order valence-electron chi connectivity index (χ4n) is 1.80. The molecular weight excluding hydrogens is 346 g/mol. The standard InChI is InChI=1S/C16H12BrN3S/c17-14-5-3-12(4-6-14)11-21-16-8-7-15(19-20-16)13-2-1-9-18-10-13/h1-10H,11H2. The number of hydrogen-bond acceptors (Lipinski definition) is 4. The van der Waals surface area contributed by atoms with Gasteiger partial charge < -0.3 is 0 Å². The number of hydrogen-bond donors (Lipinski definition) is 0. The molecule has 0 N–H and O–H groups in total. The molecule has 0 bridgehead atoms. The lowest BCUT2D eigenvalue weighted by Crippen LogP contribution is -1.90. The minimum Gasteiger partial charge on any atom is -0.264 e. The maximum atomic E-state index is 4.26. The Kier molecular flexibility index (Phi) is 4.62. The zero-order valence-electron chi connectivity index (χ0n) is 11.1. The maximum Gasteiger partial charge on any atom is 0.119 e. The van der Waals surface area contributed by atoms with Crippen LogP contribution in [-0.4, -0.2) is 15.2 Å². The van der Waals surface area contributed by atoms with Gasteiger partial charge >= 0.3 is 0 Å². The van der Waals surface area contributed by atoms with Crippen molar-refractivity contribution in [2.45, 2.75) is 10.8 Å². The number of nitrogens with zero attached hydrogens (tertiary/aromatic N) is 3. The van der Waals surface area contributed by atoms with E-state index in [0.717, 1.165) is 26.5 Å². The highest BCUT2D eigenvalue weighted by atomic mass is 79.9. The van der Waals surface area contributed by atoms with Crippen LogP contribution >= 0.6 is 27.7 Å². The number of benzene rings is 1. The lowest BCUT2D eigenvalue weighted by Gasteiger charge is -2.03. The molecular formula is C16H12BrN3S. The number of rotatable bonds is 4. The van der Waals surface area contributed by atoms with E-state index in [1.807, 2.05) is 36.4 Å². The third-order valence-electron chi connectivity index (χ3n) is 2.90. The van der Waals surface area contributed by atoms with Crippen molar-refractivity contribution < 1.29 is 0 Å². The van der Waals surface area contributed by atoms with Crippen LogP contribution in [0.3, 0.4) is 0 Å². The highest BCUT2D eigenvalue weighted by molar-refractivity contribution is 9.10. The smallest absolute Gasteiger partial charge is 0.119 e. The van der Waals surface area contributed by atoms with Crippen molar-refractivity contribution >= 4 is 27.7 Å². The van der Waals surface area contributed by atoms with E-state index in [2.05, 4.69) is 43.2 Å². The van der Waals surface area contributed by atoms with Gasteiger partial charge in [-0.3, -0.25) is 4.98 Å². The normalized spacial score (nSPS) is 10.5. The largest absolute Gasteiger partial charge is 0.264 e. The molecule has 2 aromatic heterocycles. The molecule has 0 aliphatic carbocycles. The van der Waals surface area contributed by atoms with Crippen molar-refractivity contribution in [3.63, 3.8) is 0 Å². The van der Waals surface area contributed by atoms with Crippen LogP contribution in [0.1, 0.15) is 5.56 Å². The Morgan fingerprint density at radius 3 is 2.48 bits per heavy atom. The summed E-state index contributed by atoms with van der Waals surface area (Å²) in [6, 6.07) is 16.2. The topological polar surface area (TPSA) is 38.7 Å². The van der Waals surface area contributed by atoms with E-state index in [4.69, 9.17) is 0 Å². The van der Waals surface area contributed by atoms with E-state index in [-0.39, 0.29) is 0 Å². The van der Waals surface area contributed by atoms with Crippen molar-refractivity contribution in [1.29, 1.82) is 0 Å². The zero-order chi connectivity index (χ0) is 14.5. The number of thioether (sulfide) groups is 1. The Bertz CT molecular complexity index is 700. The first-order valence-corrected chi connectivity index (χ1v) is 8.20. The summed E-state index contributed by atoms with van der Waals surface area (Å²) < 4.78 is 1.09. The lowest BCUT2D eigenvalue weighted by atomic mass is 10.2. The summed E-state index contributed by atoms with van der Waals surface area (Å²) in [5, 5.41) is 9.44. The number of aromatic nitrogens is 3. The quantitative estimate of drug-likeness (QED) is 0.640. The molecule has 2 heterocycles. The van der Waals surface area contributed by atoms with Crippen LogP contribution in [0.2, 0.25) is 0 Å². The SMILES string of the molecule is Brc1ccc(CSc2ccc(-c3cccnc3)nn2)cc1. The highest BCUT2D eigenvalue weighted by Gasteiger charge is 2.02. The first-order chi connectivity index (χ1) is 10.3. The number of halogens is 1. The molecule has 0 saturated carbocycles. The summed E-state index contributed by atoms with van der Waals surface area (Å²) in [5.74, 6) is 0.883. The second-order valence-electron chi connectivity index (χ2n) is 4.41. The molecule has 21 heavy (non-hydrogen) atoms. The molecule has 1 aromatic carbocycles. The van der Waals surface area contributed by atoms with Crippen molar-refractivity contribution in [1.82, 2.24) is 15.2 Å². The minimum atomic E-state index is 0.844. The molecule has 3 nitrogen and oxygen atoms in total. The molecule has 0 fully saturated rings. The highest BCUT2D eigenvalue weighted by Crippen LogP contribution is 2.23. The van der Waals surface area contributed by atoms with Crippen molar-refractivity contribution in [3.05, 3.63) is 71.0 Å². The van der Waals surface area contributed by atoms with Gasteiger partial charge in [0.2, 0.25) is 0 Å². The van der Waals surface area contributed by atoms with Gasteiger partial charge in [0.15, 0.2) is 0 Å². The predicted molar refractivity (Wildman–Crippen MR) is 89.0 cm³/mol. The van der Waals surface area contributed by atoms with Gasteiger partial charge in [0, 0.05) is 28.2 Å². The monoisotopic (exact) mass is 357 g/mol. The molecule has 3 aromatic rings. The molecule has 0 saturated heterocycles. The molecule has 0 aliphatic rings. The van der Waals surface area contributed by atoms with Gasteiger partial charge in [-0.25, -0.2) is 0 Å². The van der Waals surface area contributed by atoms with Gasteiger partial charge in [-0.1, -0.05) is 39.8 Å². The van der Waals surface area contributed by atoms with E-state index in [1.165, 1.54) is 5.56 Å². The summed E-state index contributed by atoms with van der Waals surface area (Å²) in [4.78, 5) is 4.09. The van der Waals surface area contributed by atoms with Gasteiger partial charge in [-0.05, 0) is 42.0 Å². The lowest BCUT2D eigenvalue weighted by molar-refractivity contribution is 0.934. The van der Waals surface area contributed by atoms with E-state index in [0.29, 0.717) is 0 Å². The molecule has 0 spiro atoms. The van der Waals surface area contributed by atoms with Gasteiger partial charge in [0.05, 0.1) is 5.69 Å². The average molecular weight is 358 g/mol. The molecule has 0 aliphatic heterocycles. The Balaban J connectivity index is 1.66. The van der Waals surface area contributed by atoms with Crippen LogP contribution in [0, 0.1) is 0 Å². The summed E-state index contributed by atoms with van der Waals surface area (Å²) in [5.41, 5.74) is 3.09. The van der Waals surface area contributed by atoms with Crippen molar-refractivity contribution in [2.24, 2.45) is 0 Å². The van der Waals surface area contributed by atoms with E-state index in [9.17, 15) is 0 Å². The molecule has 0 radical (unpaired) electrons.